The van der Waals surface area contributed by atoms with E-state index in [1.807, 2.05) is 13.8 Å². The molecular formula is C6H18O6PS. The fourth-order valence-electron chi connectivity index (χ4n) is 0.577. The number of rotatable bonds is 4. The zero-order valence-corrected chi connectivity index (χ0v) is 10.6. The Morgan fingerprint density at radius 1 is 1.21 bits per heavy atom. The van der Waals surface area contributed by atoms with Gasteiger partial charge in [0, 0.05) is 0 Å². The normalized spacial score (nSPS) is 13.0. The Hall–Kier alpha value is 0.220. The summed E-state index contributed by atoms with van der Waals surface area (Å²) in [5.74, 6) is 0. The van der Waals surface area contributed by atoms with Gasteiger partial charge in [-0.05, 0) is 0 Å². The van der Waals surface area contributed by atoms with Gasteiger partial charge in [0.05, 0.1) is 6.26 Å². The van der Waals surface area contributed by atoms with E-state index in [2.05, 4.69) is 0 Å². The van der Waals surface area contributed by atoms with Gasteiger partial charge in [0.25, 0.3) is 10.1 Å². The molecule has 8 heteroatoms. The first kappa shape index (κ1) is 16.6. The van der Waals surface area contributed by atoms with Crippen LogP contribution in [0.5, 0.6) is 0 Å². The molecule has 0 unspecified atom stereocenters. The average Bonchev–Trinajstić information content (AvgIpc) is 1.81. The van der Waals surface area contributed by atoms with Crippen molar-refractivity contribution < 1.29 is 26.9 Å². The first-order valence-corrected chi connectivity index (χ1v) is 8.11. The largest absolute Gasteiger partial charge is 0.291 e. The zero-order chi connectivity index (χ0) is 11.8. The van der Waals surface area contributed by atoms with E-state index < -0.39 is 18.1 Å². The maximum atomic E-state index is 9.21. The van der Waals surface area contributed by atoms with Crippen LogP contribution in [0.2, 0.25) is 0 Å². The van der Waals surface area contributed by atoms with Gasteiger partial charge in [0.1, 0.15) is 0 Å². The Labute approximate surface area is 85.6 Å². The summed E-state index contributed by atoms with van der Waals surface area (Å²) in [6.45, 7) is 6.30. The molecular weight excluding hydrogens is 231 g/mol. The summed E-state index contributed by atoms with van der Waals surface area (Å²) < 4.78 is 37.1. The minimum atomic E-state index is -3.92. The second kappa shape index (κ2) is 7.50. The van der Waals surface area contributed by atoms with Crippen LogP contribution in [0.1, 0.15) is 13.8 Å². The van der Waals surface area contributed by atoms with E-state index in [0.29, 0.717) is 19.5 Å². The molecule has 0 saturated heterocycles. The summed E-state index contributed by atoms with van der Waals surface area (Å²) in [5.41, 5.74) is 0. The molecule has 0 heterocycles. The van der Waals surface area contributed by atoms with Crippen LogP contribution in [0.4, 0.5) is 0 Å². The Balaban J connectivity index is 0. The monoisotopic (exact) mass is 249 g/mol. The van der Waals surface area contributed by atoms with Gasteiger partial charge in [-0.3, -0.25) is 0 Å². The third-order valence-electron chi connectivity index (χ3n) is 0.824. The fraction of sp³-hybridized carbons (Fsp3) is 1.00. The third kappa shape index (κ3) is 22.8. The molecule has 0 rings (SSSR count). The molecule has 1 radical (unpaired) electrons. The maximum Gasteiger partial charge on any atom is 0.291 e. The molecule has 0 fully saturated rings. The van der Waals surface area contributed by atoms with Crippen molar-refractivity contribution in [3.05, 3.63) is 0 Å². The molecule has 0 aromatic heterocycles. The van der Waals surface area contributed by atoms with Crippen molar-refractivity contribution in [2.45, 2.75) is 13.8 Å². The van der Waals surface area contributed by atoms with Gasteiger partial charge in [0.15, 0.2) is 0 Å². The molecule has 0 aliphatic heterocycles. The van der Waals surface area contributed by atoms with E-state index in [-0.39, 0.29) is 0 Å². The summed E-state index contributed by atoms with van der Waals surface area (Å²) in [4.78, 5) is 9.21. The first-order chi connectivity index (χ1) is 6.12. The minimum Gasteiger partial charge on any atom is -0.197 e. The molecule has 0 aliphatic carbocycles. The summed E-state index contributed by atoms with van der Waals surface area (Å²) >= 11 is 0. The summed E-state index contributed by atoms with van der Waals surface area (Å²) in [5, 5.41) is 0. The Kier molecular flexibility index (Phi) is 8.92. The van der Waals surface area contributed by atoms with Crippen molar-refractivity contribution in [2.75, 3.05) is 26.1 Å². The predicted molar refractivity (Wildman–Crippen MR) is 55.2 cm³/mol. The molecule has 6 nitrogen and oxygen atoms in total. The van der Waals surface area contributed by atoms with E-state index in [9.17, 15) is 4.89 Å². The van der Waals surface area contributed by atoms with Crippen LogP contribution in [-0.4, -0.2) is 39.4 Å². The number of hydrogen-bond donors (Lipinski definition) is 1. The number of hydrogen-bond acceptors (Lipinski definition) is 5. The molecule has 0 amide bonds. The van der Waals surface area contributed by atoms with E-state index in [4.69, 9.17) is 22.0 Å². The fourth-order valence-corrected chi connectivity index (χ4v) is 1.73. The molecule has 0 atom stereocenters. The van der Waals surface area contributed by atoms with Crippen LogP contribution < -0.4 is 0 Å². The first-order valence-electron chi connectivity index (χ1n) is 4.03. The van der Waals surface area contributed by atoms with Crippen LogP contribution in [0.3, 0.4) is 0 Å². The van der Waals surface area contributed by atoms with Gasteiger partial charge in [0.2, 0.25) is 0 Å². The molecule has 14 heavy (non-hydrogen) atoms. The Morgan fingerprint density at radius 2 is 1.43 bits per heavy atom. The molecule has 0 bridgehead atoms. The molecule has 1 N–H and O–H groups in total. The topological polar surface area (TPSA) is 92.7 Å². The van der Waals surface area contributed by atoms with Crippen LogP contribution in [0.25, 0.3) is 0 Å². The predicted octanol–water partition coefficient (Wildman–Crippen LogP) is 0.553. The van der Waals surface area contributed by atoms with Gasteiger partial charge < -0.3 is 0 Å². The quantitative estimate of drug-likeness (QED) is 0.734. The van der Waals surface area contributed by atoms with Gasteiger partial charge in [-0.25, -0.2) is 0 Å². The minimum absolute atomic E-state index is 0.513. The van der Waals surface area contributed by atoms with Crippen LogP contribution in [0.15, 0.2) is 0 Å². The van der Waals surface area contributed by atoms with Crippen molar-refractivity contribution in [3.8, 4) is 0 Å². The van der Waals surface area contributed by atoms with Crippen LogP contribution in [-0.2, 0) is 23.7 Å². The van der Waals surface area contributed by atoms with Crippen molar-refractivity contribution in [1.29, 1.82) is 0 Å². The zero-order valence-electron chi connectivity index (χ0n) is 8.81. The summed E-state index contributed by atoms with van der Waals surface area (Å²) in [6, 6.07) is 0. The molecule has 89 valence electrons. The van der Waals surface area contributed by atoms with Crippen LogP contribution in [0, 0.1) is 0 Å². The van der Waals surface area contributed by atoms with Crippen molar-refractivity contribution in [1.82, 2.24) is 0 Å². The molecule has 0 aliphatic rings. The van der Waals surface area contributed by atoms with E-state index in [0.717, 1.165) is 0 Å². The van der Waals surface area contributed by atoms with Crippen molar-refractivity contribution >= 4 is 18.1 Å². The Bertz CT molecular complexity index is 208. The SMILES string of the molecule is CCO[PH](C)(O)OCC.CS([O])(=O)=O. The van der Waals surface area contributed by atoms with E-state index in [1.165, 1.54) is 0 Å². The summed E-state index contributed by atoms with van der Waals surface area (Å²) in [6.07, 6.45) is 0.604. The molecule has 0 aromatic carbocycles. The maximum absolute atomic E-state index is 9.21. The Morgan fingerprint density at radius 3 is 1.57 bits per heavy atom. The van der Waals surface area contributed by atoms with Gasteiger partial charge in [-0.2, -0.15) is 8.42 Å². The summed E-state index contributed by atoms with van der Waals surface area (Å²) in [7, 11) is -6.62. The molecule has 0 aromatic rings. The molecule has 0 spiro atoms. The van der Waals surface area contributed by atoms with Gasteiger partial charge in [-0.1, -0.05) is 4.55 Å². The third-order valence-corrected chi connectivity index (χ3v) is 2.47. The van der Waals surface area contributed by atoms with Gasteiger partial charge in [-0.15, -0.1) is 0 Å². The standard InChI is InChI=1S/C5H15O3P.CH3O3S/c1-4-7-9(3,6)8-5-2;1-5(2,3)4/h6,9H,4-5H2,1-3H3;1H3. The van der Waals surface area contributed by atoms with Crippen molar-refractivity contribution in [3.63, 3.8) is 0 Å². The van der Waals surface area contributed by atoms with Gasteiger partial charge >= 0.3 is 55.6 Å². The molecule has 0 saturated carbocycles. The average molecular weight is 249 g/mol. The van der Waals surface area contributed by atoms with Crippen LogP contribution >= 0.6 is 7.94 Å². The second-order valence-electron chi connectivity index (χ2n) is 2.47. The van der Waals surface area contributed by atoms with E-state index in [1.54, 1.807) is 6.66 Å². The van der Waals surface area contributed by atoms with E-state index >= 15 is 0 Å². The van der Waals surface area contributed by atoms with Crippen molar-refractivity contribution in [2.24, 2.45) is 0 Å². The smallest absolute Gasteiger partial charge is 0.197 e. The second-order valence-corrected chi connectivity index (χ2v) is 6.25.